The number of thiocarbonyl (C=S) groups is 1. The van der Waals surface area contributed by atoms with Crippen molar-refractivity contribution in [2.75, 3.05) is 40.6 Å². The van der Waals surface area contributed by atoms with E-state index in [2.05, 4.69) is 20.5 Å². The lowest BCUT2D eigenvalue weighted by atomic mass is 9.97. The normalized spacial score (nSPS) is 29.8. The van der Waals surface area contributed by atoms with Gasteiger partial charge in [0, 0.05) is 40.2 Å². The second-order valence-corrected chi connectivity index (χ2v) is 13.2. The molecule has 19 heteroatoms. The molecule has 2 aliphatic rings. The van der Waals surface area contributed by atoms with Crippen molar-refractivity contribution in [3.8, 4) is 0 Å². The Balaban J connectivity index is 1.47. The summed E-state index contributed by atoms with van der Waals surface area (Å²) >= 11 is 5.46. The van der Waals surface area contributed by atoms with Crippen LogP contribution in [0.1, 0.15) is 31.7 Å². The molecule has 10 atom stereocenters. The van der Waals surface area contributed by atoms with E-state index in [0.717, 1.165) is 12.7 Å². The number of carbonyl (C=O) groups excluding carboxylic acids is 2. The lowest BCUT2D eigenvalue weighted by Gasteiger charge is -2.42. The minimum Gasteiger partial charge on any atom is -0.434 e. The first-order valence-corrected chi connectivity index (χ1v) is 17.3. The zero-order valence-electron chi connectivity index (χ0n) is 27.0. The van der Waals surface area contributed by atoms with Crippen molar-refractivity contribution in [3.63, 3.8) is 0 Å². The van der Waals surface area contributed by atoms with Gasteiger partial charge in [-0.1, -0.05) is 30.3 Å². The highest BCUT2D eigenvalue weighted by Crippen LogP contribution is 2.48. The van der Waals surface area contributed by atoms with Crippen LogP contribution in [0.4, 0.5) is 4.79 Å². The minimum absolute atomic E-state index is 0.0140. The summed E-state index contributed by atoms with van der Waals surface area (Å²) < 4.78 is 49.7. The van der Waals surface area contributed by atoms with Crippen LogP contribution in [0, 0.1) is 5.92 Å². The zero-order valence-corrected chi connectivity index (χ0v) is 28.7. The maximum absolute atomic E-state index is 12.3. The maximum Gasteiger partial charge on any atom is 0.508 e. The van der Waals surface area contributed by atoms with Gasteiger partial charge in [-0.2, -0.15) is 0 Å². The Morgan fingerprint density at radius 2 is 1.79 bits per heavy atom. The fourth-order valence-electron chi connectivity index (χ4n) is 5.43. The van der Waals surface area contributed by atoms with Crippen LogP contribution in [0.3, 0.4) is 0 Å². The standard InChI is InChI=1S/C29H46N3O14PS/c1-17(34)31-22-24(36)23(35)21(14-33)45-27(22)42-12-8-7-11-30-28(48)32-20-13-19(25(26(20)40-2)46-47(38,39)41-3)16-44-29(37)43-15-18-9-5-4-6-10-18/h4-6,9-10,19-27,33,35-36H,7-8,11-16H2,1-3H3,(H,31,34)(H,38,39)(H2,30,32,48)/t19-,20+,21-,22-,23+,24-,25?,26-,27-/m1/s1. The zero-order chi connectivity index (χ0) is 35.3. The van der Waals surface area contributed by atoms with E-state index in [4.69, 9.17) is 40.4 Å². The summed E-state index contributed by atoms with van der Waals surface area (Å²) in [5, 5.41) is 38.9. The molecule has 3 rings (SSSR count). The fourth-order valence-corrected chi connectivity index (χ4v) is 6.37. The van der Waals surface area contributed by atoms with E-state index in [1.54, 1.807) is 12.1 Å². The topological polar surface area (TPSA) is 233 Å². The van der Waals surface area contributed by atoms with Gasteiger partial charge in [-0.05, 0) is 37.0 Å². The summed E-state index contributed by atoms with van der Waals surface area (Å²) in [5.74, 6) is -1.03. The van der Waals surface area contributed by atoms with Crippen molar-refractivity contribution in [2.24, 2.45) is 5.92 Å². The number of aliphatic hydroxyl groups is 3. The highest BCUT2D eigenvalue weighted by atomic mass is 32.1. The van der Waals surface area contributed by atoms with Gasteiger partial charge < -0.3 is 59.8 Å². The van der Waals surface area contributed by atoms with E-state index in [0.29, 0.717) is 25.8 Å². The molecule has 48 heavy (non-hydrogen) atoms. The quantitative estimate of drug-likeness (QED) is 0.0488. The molecule has 272 valence electrons. The number of rotatable bonds is 17. The van der Waals surface area contributed by atoms with Gasteiger partial charge in [0.25, 0.3) is 0 Å². The van der Waals surface area contributed by atoms with Gasteiger partial charge in [-0.15, -0.1) is 0 Å². The fraction of sp³-hybridized carbons (Fsp3) is 0.690. The van der Waals surface area contributed by atoms with Crippen LogP contribution in [-0.4, -0.2) is 127 Å². The SMILES string of the molecule is CO[C@H]1C(OP(=O)(O)OC)[C@@H](COC(=O)OCc2ccccc2)C[C@@H]1NC(=S)NCCCCO[C@@H]1O[C@H](CO)[C@H](O)[C@H](O)[C@H]1NC(C)=O. The molecule has 0 radical (unpaired) electrons. The van der Waals surface area contributed by atoms with E-state index in [-0.39, 0.29) is 24.9 Å². The average Bonchev–Trinajstić information content (AvgIpc) is 3.38. The second kappa shape index (κ2) is 19.6. The van der Waals surface area contributed by atoms with E-state index >= 15 is 0 Å². The Hall–Kier alpha value is -2.48. The molecule has 7 N–H and O–H groups in total. The monoisotopic (exact) mass is 723 g/mol. The number of hydrogen-bond donors (Lipinski definition) is 7. The van der Waals surface area contributed by atoms with Crippen LogP contribution < -0.4 is 16.0 Å². The molecule has 0 spiro atoms. The lowest BCUT2D eigenvalue weighted by Crippen LogP contribution is -2.64. The molecule has 17 nitrogen and oxygen atoms in total. The highest BCUT2D eigenvalue weighted by molar-refractivity contribution is 7.80. The smallest absolute Gasteiger partial charge is 0.434 e. The molecular formula is C29H46N3O14PS. The van der Waals surface area contributed by atoms with Crippen LogP contribution in [0.2, 0.25) is 0 Å². The Morgan fingerprint density at radius 3 is 2.44 bits per heavy atom. The van der Waals surface area contributed by atoms with Crippen molar-refractivity contribution in [1.82, 2.24) is 16.0 Å². The van der Waals surface area contributed by atoms with Crippen molar-refractivity contribution < 1.29 is 67.1 Å². The van der Waals surface area contributed by atoms with Gasteiger partial charge in [0.05, 0.1) is 12.6 Å². The molecule has 1 aliphatic heterocycles. The number of ether oxygens (including phenoxy) is 5. The molecule has 0 aromatic heterocycles. The van der Waals surface area contributed by atoms with Gasteiger partial charge in [0.1, 0.15) is 49.8 Å². The molecule has 1 aromatic carbocycles. The number of amides is 1. The number of benzene rings is 1. The third kappa shape index (κ3) is 12.1. The van der Waals surface area contributed by atoms with Crippen molar-refractivity contribution >= 4 is 37.2 Å². The molecular weight excluding hydrogens is 677 g/mol. The molecule has 0 bridgehead atoms. The summed E-state index contributed by atoms with van der Waals surface area (Å²) in [6.07, 6.45) is -6.25. The van der Waals surface area contributed by atoms with Gasteiger partial charge in [-0.25, -0.2) is 9.36 Å². The number of unbranched alkanes of at least 4 members (excludes halogenated alkanes) is 1. The molecule has 1 aliphatic carbocycles. The summed E-state index contributed by atoms with van der Waals surface area (Å²) in [6, 6.07) is 7.53. The van der Waals surface area contributed by atoms with Crippen LogP contribution in [0.25, 0.3) is 0 Å². The van der Waals surface area contributed by atoms with Crippen LogP contribution >= 0.6 is 20.0 Å². The maximum atomic E-state index is 12.3. The first-order valence-electron chi connectivity index (χ1n) is 15.4. The van der Waals surface area contributed by atoms with Crippen molar-refractivity contribution in [3.05, 3.63) is 35.9 Å². The van der Waals surface area contributed by atoms with Crippen molar-refractivity contribution in [1.29, 1.82) is 0 Å². The Labute approximate surface area is 284 Å². The number of carbonyl (C=O) groups is 2. The molecule has 2 unspecified atom stereocenters. The molecule has 1 heterocycles. The average molecular weight is 724 g/mol. The molecule has 1 aromatic rings. The minimum atomic E-state index is -4.44. The Bertz CT molecular complexity index is 1220. The highest BCUT2D eigenvalue weighted by Gasteiger charge is 2.49. The van der Waals surface area contributed by atoms with E-state index in [1.807, 2.05) is 18.2 Å². The largest absolute Gasteiger partial charge is 0.508 e. The molecule has 2 fully saturated rings. The first-order chi connectivity index (χ1) is 22.9. The predicted octanol–water partition coefficient (Wildman–Crippen LogP) is 0.0799. The Morgan fingerprint density at radius 1 is 1.06 bits per heavy atom. The third-order valence-corrected chi connectivity index (χ3v) is 9.05. The van der Waals surface area contributed by atoms with Gasteiger partial charge in [0.15, 0.2) is 11.4 Å². The third-order valence-electron chi connectivity index (χ3n) is 7.82. The van der Waals surface area contributed by atoms with Crippen LogP contribution in [0.15, 0.2) is 30.3 Å². The Kier molecular flexibility index (Phi) is 16.3. The predicted molar refractivity (Wildman–Crippen MR) is 171 cm³/mol. The number of phosphoric ester groups is 1. The van der Waals surface area contributed by atoms with Crippen LogP contribution in [-0.2, 0) is 48.7 Å². The van der Waals surface area contributed by atoms with Crippen molar-refractivity contribution in [2.45, 2.75) is 81.7 Å². The number of methoxy groups -OCH3 is 1. The van der Waals surface area contributed by atoms with Gasteiger partial charge in [0.2, 0.25) is 5.91 Å². The number of hydrogen-bond acceptors (Lipinski definition) is 14. The molecule has 1 saturated heterocycles. The number of aliphatic hydroxyl groups excluding tert-OH is 3. The summed E-state index contributed by atoms with van der Waals surface area (Å²) in [6.45, 7) is 1.14. The van der Waals surface area contributed by atoms with Crippen LogP contribution in [0.5, 0.6) is 0 Å². The van der Waals surface area contributed by atoms with E-state index in [1.165, 1.54) is 14.0 Å². The number of nitrogens with one attached hydrogen (secondary N) is 3. The first kappa shape index (κ1) is 40.0. The van der Waals surface area contributed by atoms with E-state index in [9.17, 15) is 34.4 Å². The summed E-state index contributed by atoms with van der Waals surface area (Å²) in [4.78, 5) is 33.9. The lowest BCUT2D eigenvalue weighted by molar-refractivity contribution is -0.270. The second-order valence-electron chi connectivity index (χ2n) is 11.3. The number of phosphoric acid groups is 1. The molecule has 1 amide bonds. The summed E-state index contributed by atoms with van der Waals surface area (Å²) in [5.41, 5.74) is 0.778. The summed E-state index contributed by atoms with van der Waals surface area (Å²) in [7, 11) is -2.00. The van der Waals surface area contributed by atoms with Gasteiger partial charge >= 0.3 is 14.0 Å². The van der Waals surface area contributed by atoms with E-state index < -0.39 is 81.3 Å². The van der Waals surface area contributed by atoms with Gasteiger partial charge in [-0.3, -0.25) is 13.8 Å². The molecule has 1 saturated carbocycles.